The zero-order valence-corrected chi connectivity index (χ0v) is 10.2. The van der Waals surface area contributed by atoms with E-state index < -0.39 is 0 Å². The molecule has 1 aliphatic carbocycles. The summed E-state index contributed by atoms with van der Waals surface area (Å²) >= 11 is 0. The van der Waals surface area contributed by atoms with Crippen LogP contribution in [-0.2, 0) is 0 Å². The topological polar surface area (TPSA) is 3.24 Å². The van der Waals surface area contributed by atoms with Gasteiger partial charge in [0, 0.05) is 6.04 Å². The lowest BCUT2D eigenvalue weighted by Crippen LogP contribution is -2.28. The second-order valence-electron chi connectivity index (χ2n) is 5.26. The Hall–Kier alpha value is -0.820. The quantitative estimate of drug-likeness (QED) is 0.726. The number of rotatable bonds is 2. The predicted molar refractivity (Wildman–Crippen MR) is 67.6 cm³/mol. The van der Waals surface area contributed by atoms with Gasteiger partial charge in [0.25, 0.3) is 0 Å². The van der Waals surface area contributed by atoms with E-state index in [0.29, 0.717) is 0 Å². The molecule has 16 heavy (non-hydrogen) atoms. The van der Waals surface area contributed by atoms with E-state index in [-0.39, 0.29) is 0 Å². The number of benzene rings is 1. The number of likely N-dealkylation sites (tertiary alicyclic amines) is 1. The fourth-order valence-corrected chi connectivity index (χ4v) is 3.58. The predicted octanol–water partition coefficient (Wildman–Crippen LogP) is 3.72. The average molecular weight is 215 g/mol. The molecule has 1 heterocycles. The molecule has 1 aromatic carbocycles. The van der Waals surface area contributed by atoms with Gasteiger partial charge >= 0.3 is 0 Å². The van der Waals surface area contributed by atoms with E-state index in [2.05, 4.69) is 36.1 Å². The van der Waals surface area contributed by atoms with Crippen molar-refractivity contribution in [1.82, 2.24) is 4.90 Å². The van der Waals surface area contributed by atoms with Crippen LogP contribution in [0.2, 0.25) is 0 Å². The highest BCUT2D eigenvalue weighted by Gasteiger charge is 2.35. The van der Waals surface area contributed by atoms with Gasteiger partial charge in [0.1, 0.15) is 0 Å². The van der Waals surface area contributed by atoms with Crippen molar-refractivity contribution in [1.29, 1.82) is 0 Å². The minimum absolute atomic E-state index is 0.726. The second-order valence-corrected chi connectivity index (χ2v) is 5.26. The van der Waals surface area contributed by atoms with Crippen molar-refractivity contribution in [3.63, 3.8) is 0 Å². The highest BCUT2D eigenvalue weighted by atomic mass is 15.2. The van der Waals surface area contributed by atoms with E-state index in [1.165, 1.54) is 38.8 Å². The Bertz CT molecular complexity index is 371. The monoisotopic (exact) mass is 215 g/mol. The highest BCUT2D eigenvalue weighted by molar-refractivity contribution is 5.38. The molecule has 0 saturated carbocycles. The largest absolute Gasteiger partial charge is 0.296 e. The van der Waals surface area contributed by atoms with E-state index in [0.717, 1.165) is 12.0 Å². The van der Waals surface area contributed by atoms with E-state index in [9.17, 15) is 0 Å². The third kappa shape index (κ3) is 1.58. The summed E-state index contributed by atoms with van der Waals surface area (Å²) in [5.74, 6) is 0.850. The van der Waals surface area contributed by atoms with Crippen molar-refractivity contribution in [2.24, 2.45) is 0 Å². The summed E-state index contributed by atoms with van der Waals surface area (Å²) in [7, 11) is 0. The molecular weight excluding hydrogens is 194 g/mol. The summed E-state index contributed by atoms with van der Waals surface area (Å²) in [6, 6.07) is 9.85. The van der Waals surface area contributed by atoms with E-state index in [4.69, 9.17) is 0 Å². The van der Waals surface area contributed by atoms with Crippen LogP contribution in [0.25, 0.3) is 0 Å². The van der Waals surface area contributed by atoms with Gasteiger partial charge in [0.15, 0.2) is 0 Å². The Morgan fingerprint density at radius 1 is 1.25 bits per heavy atom. The number of fused-ring (bicyclic) bond motifs is 5. The normalized spacial score (nSPS) is 28.8. The molecule has 2 bridgehead atoms. The summed E-state index contributed by atoms with van der Waals surface area (Å²) in [6.07, 6.45) is 5.44. The van der Waals surface area contributed by atoms with Crippen molar-refractivity contribution in [3.05, 3.63) is 35.4 Å². The molecule has 0 N–H and O–H groups in total. The summed E-state index contributed by atoms with van der Waals surface area (Å²) in [6.45, 7) is 4.87. The lowest BCUT2D eigenvalue weighted by Gasteiger charge is -2.28. The van der Waals surface area contributed by atoms with E-state index in [1.54, 1.807) is 11.1 Å². The van der Waals surface area contributed by atoms with Crippen LogP contribution in [0.3, 0.4) is 0 Å². The van der Waals surface area contributed by atoms with Gasteiger partial charge in [-0.3, -0.25) is 4.90 Å². The smallest absolute Gasteiger partial charge is 0.0356 e. The number of nitrogens with zero attached hydrogens (tertiary/aromatic N) is 1. The van der Waals surface area contributed by atoms with Crippen LogP contribution in [0.1, 0.15) is 55.7 Å². The van der Waals surface area contributed by atoms with Crippen molar-refractivity contribution in [2.75, 3.05) is 13.1 Å². The summed E-state index contributed by atoms with van der Waals surface area (Å²) < 4.78 is 0. The van der Waals surface area contributed by atoms with Gasteiger partial charge in [-0.1, -0.05) is 31.2 Å². The van der Waals surface area contributed by atoms with Crippen molar-refractivity contribution >= 4 is 0 Å². The molecule has 2 aliphatic rings. The Morgan fingerprint density at radius 3 is 2.88 bits per heavy atom. The van der Waals surface area contributed by atoms with Crippen LogP contribution in [0.4, 0.5) is 0 Å². The Labute approximate surface area is 98.5 Å². The standard InChI is InChI=1S/C15H21N/c1-2-9-16-10-5-6-12-11-15(16)14-8-4-3-7-13(12)14/h3-4,7-8,12,15H,2,5-6,9-11H2,1H3/t12-,15-/m0/s1. The van der Waals surface area contributed by atoms with E-state index in [1.807, 2.05) is 0 Å². The maximum absolute atomic E-state index is 2.71. The SMILES string of the molecule is CCCN1CCC[C@H]2C[C@H]1c1ccccc12. The zero-order chi connectivity index (χ0) is 11.0. The van der Waals surface area contributed by atoms with Crippen LogP contribution in [-0.4, -0.2) is 18.0 Å². The van der Waals surface area contributed by atoms with Crippen molar-refractivity contribution < 1.29 is 0 Å². The molecule has 1 fully saturated rings. The molecule has 2 atom stereocenters. The minimum Gasteiger partial charge on any atom is -0.296 e. The fourth-order valence-electron chi connectivity index (χ4n) is 3.58. The maximum atomic E-state index is 2.71. The summed E-state index contributed by atoms with van der Waals surface area (Å²) in [5.41, 5.74) is 3.27. The van der Waals surface area contributed by atoms with Crippen LogP contribution < -0.4 is 0 Å². The van der Waals surface area contributed by atoms with Gasteiger partial charge in [-0.05, 0) is 55.8 Å². The Balaban J connectivity index is 1.96. The van der Waals surface area contributed by atoms with Crippen LogP contribution in [0, 0.1) is 0 Å². The molecule has 0 unspecified atom stereocenters. The van der Waals surface area contributed by atoms with Crippen molar-refractivity contribution in [2.45, 2.75) is 44.6 Å². The average Bonchev–Trinajstić information content (AvgIpc) is 2.53. The van der Waals surface area contributed by atoms with Gasteiger partial charge in [-0.25, -0.2) is 0 Å². The van der Waals surface area contributed by atoms with E-state index >= 15 is 0 Å². The van der Waals surface area contributed by atoms with Gasteiger partial charge in [0.2, 0.25) is 0 Å². The second kappa shape index (κ2) is 4.21. The molecule has 0 amide bonds. The third-order valence-corrected chi connectivity index (χ3v) is 4.25. The lowest BCUT2D eigenvalue weighted by atomic mass is 9.96. The summed E-state index contributed by atoms with van der Waals surface area (Å²) in [4.78, 5) is 2.71. The molecule has 0 spiro atoms. The molecule has 1 nitrogen and oxygen atoms in total. The fraction of sp³-hybridized carbons (Fsp3) is 0.600. The lowest BCUT2D eigenvalue weighted by molar-refractivity contribution is 0.207. The molecule has 0 radical (unpaired) electrons. The molecule has 1 heteroatoms. The Morgan fingerprint density at radius 2 is 2.06 bits per heavy atom. The van der Waals surface area contributed by atoms with Crippen LogP contribution >= 0.6 is 0 Å². The van der Waals surface area contributed by atoms with Gasteiger partial charge in [0.05, 0.1) is 0 Å². The highest BCUT2D eigenvalue weighted by Crippen LogP contribution is 2.47. The van der Waals surface area contributed by atoms with Gasteiger partial charge in [-0.15, -0.1) is 0 Å². The minimum atomic E-state index is 0.726. The van der Waals surface area contributed by atoms with Gasteiger partial charge in [-0.2, -0.15) is 0 Å². The Kier molecular flexibility index (Phi) is 2.72. The molecule has 1 saturated heterocycles. The van der Waals surface area contributed by atoms with Gasteiger partial charge < -0.3 is 0 Å². The first-order valence-electron chi connectivity index (χ1n) is 6.73. The number of hydrogen-bond donors (Lipinski definition) is 0. The van der Waals surface area contributed by atoms with Crippen molar-refractivity contribution in [3.8, 4) is 0 Å². The third-order valence-electron chi connectivity index (χ3n) is 4.25. The summed E-state index contributed by atoms with van der Waals surface area (Å²) in [5, 5.41) is 0. The first-order chi connectivity index (χ1) is 7.90. The molecule has 86 valence electrons. The molecule has 1 aliphatic heterocycles. The zero-order valence-electron chi connectivity index (χ0n) is 10.2. The van der Waals surface area contributed by atoms with Crippen LogP contribution in [0.15, 0.2) is 24.3 Å². The molecule has 1 aromatic rings. The number of hydrogen-bond acceptors (Lipinski definition) is 1. The molecule has 3 rings (SSSR count). The molecular formula is C15H21N. The first kappa shape index (κ1) is 10.3. The molecule has 0 aromatic heterocycles. The van der Waals surface area contributed by atoms with Crippen LogP contribution in [0.5, 0.6) is 0 Å². The first-order valence-corrected chi connectivity index (χ1v) is 6.73. The maximum Gasteiger partial charge on any atom is 0.0356 e.